The van der Waals surface area contributed by atoms with Crippen molar-refractivity contribution in [3.63, 3.8) is 0 Å². The number of rotatable bonds is 11. The predicted octanol–water partition coefficient (Wildman–Crippen LogP) is 18.3. The van der Waals surface area contributed by atoms with Crippen LogP contribution in [-0.4, -0.2) is 41.2 Å². The molecule has 0 radical (unpaired) electrons. The van der Waals surface area contributed by atoms with E-state index in [-0.39, 0.29) is 35.5 Å². The van der Waals surface area contributed by atoms with Gasteiger partial charge in [0.1, 0.15) is 28.7 Å². The molecule has 0 aliphatic heterocycles. The number of aryl methyl sites for hydroxylation is 4. The Labute approximate surface area is 434 Å². The summed E-state index contributed by atoms with van der Waals surface area (Å²) in [5.74, 6) is 5.00. The van der Waals surface area contributed by atoms with Gasteiger partial charge in [-0.05, 0) is 198 Å². The highest BCUT2D eigenvalue weighted by molar-refractivity contribution is 7.68. The molecule has 0 saturated heterocycles. The summed E-state index contributed by atoms with van der Waals surface area (Å²) < 4.78 is 15.8. The molecule has 0 bridgehead atoms. The summed E-state index contributed by atoms with van der Waals surface area (Å²) in [4.78, 5) is 22.7. The van der Waals surface area contributed by atoms with Gasteiger partial charge in [-0.2, -0.15) is 0 Å². The quantitative estimate of drug-likeness (QED) is 0.103. The summed E-state index contributed by atoms with van der Waals surface area (Å²) in [5, 5.41) is 11.5. The first kappa shape index (κ1) is 59.9. The minimum absolute atomic E-state index is 0.0796. The third kappa shape index (κ3) is 17.1. The third-order valence-corrected chi connectivity index (χ3v) is 15.7. The molecule has 0 spiro atoms. The maximum Gasteiger partial charge on any atom is 0.160 e. The Morgan fingerprint density at radius 1 is 0.535 bits per heavy atom. The van der Waals surface area contributed by atoms with E-state index in [1.165, 1.54) is 27.8 Å². The van der Waals surface area contributed by atoms with Gasteiger partial charge in [-0.15, -0.1) is 0 Å². The van der Waals surface area contributed by atoms with E-state index in [9.17, 15) is 9.59 Å². The van der Waals surface area contributed by atoms with Crippen LogP contribution >= 0.6 is 19.5 Å². The normalized spacial score (nSPS) is 11.3. The standard InChI is InChI=1S/C29H45P.C17H18O3.C10H11ClO.C7H8O2/c1-19(2)22-17-24(20(3)4)27(25(18-22)21(5)6)23-15-13-14-16-26(23)30(28(7,8)9)29(10,11)12;1-11-9-16(10-12(2)17(11)13(3)18)20-15-7-5-14(19-4)6-8-15;1-6-4-9(11)5-7(2)10(6)8(3)12;1-9-7-4-2-6(8)3-5-7/h13-21H,1-12H3;5-10H,1-4H3;4-5H,1-3H3;2-5,8H,1H3. The van der Waals surface area contributed by atoms with E-state index in [1.54, 1.807) is 57.6 Å². The molecule has 0 aromatic heterocycles. The number of carbonyl (C=O) groups excluding carboxylic acids is 2. The van der Waals surface area contributed by atoms with Gasteiger partial charge in [-0.3, -0.25) is 9.59 Å². The lowest BCUT2D eigenvalue weighted by Gasteiger charge is -2.43. The Morgan fingerprint density at radius 2 is 0.915 bits per heavy atom. The molecule has 0 atom stereocenters. The van der Waals surface area contributed by atoms with Crippen molar-refractivity contribution in [3.8, 4) is 39.9 Å². The van der Waals surface area contributed by atoms with Crippen LogP contribution in [0.3, 0.4) is 0 Å². The highest BCUT2D eigenvalue weighted by atomic mass is 35.5. The number of carbonyl (C=O) groups is 2. The summed E-state index contributed by atoms with van der Waals surface area (Å²) in [5.41, 5.74) is 12.8. The highest BCUT2D eigenvalue weighted by Gasteiger charge is 2.37. The van der Waals surface area contributed by atoms with Gasteiger partial charge in [0.25, 0.3) is 0 Å². The second kappa shape index (κ2) is 26.3. The Bertz CT molecular complexity index is 2610. The fourth-order valence-corrected chi connectivity index (χ4v) is 13.7. The number of hydrogen-bond acceptors (Lipinski definition) is 6. The van der Waals surface area contributed by atoms with Crippen molar-refractivity contribution in [2.24, 2.45) is 0 Å². The average Bonchev–Trinajstić information content (AvgIpc) is 3.25. The summed E-state index contributed by atoms with van der Waals surface area (Å²) in [7, 11) is 2.85. The number of aromatic hydroxyl groups is 1. The smallest absolute Gasteiger partial charge is 0.160 e. The topological polar surface area (TPSA) is 82.1 Å². The van der Waals surface area contributed by atoms with Gasteiger partial charge in [0.2, 0.25) is 0 Å². The summed E-state index contributed by atoms with van der Waals surface area (Å²) in [6.45, 7) is 39.4. The monoisotopic (exact) mass is 1000 g/mol. The molecular weight excluding hydrogens is 919 g/mol. The third-order valence-electron chi connectivity index (χ3n) is 12.0. The van der Waals surface area contributed by atoms with E-state index >= 15 is 0 Å². The number of Topliss-reactive ketones (excluding diaryl/α,β-unsaturated/α-hetero) is 2. The number of phenolic OH excluding ortho intramolecular Hbond substituents is 1. The summed E-state index contributed by atoms with van der Waals surface area (Å²) in [6, 6.07) is 35.6. The van der Waals surface area contributed by atoms with Crippen molar-refractivity contribution in [1.29, 1.82) is 0 Å². The first-order valence-electron chi connectivity index (χ1n) is 24.6. The van der Waals surface area contributed by atoms with Crippen LogP contribution in [0, 0.1) is 27.7 Å². The number of benzene rings is 6. The van der Waals surface area contributed by atoms with Gasteiger partial charge in [0.05, 0.1) is 14.2 Å². The molecule has 0 aliphatic rings. The zero-order valence-corrected chi connectivity index (χ0v) is 48.1. The van der Waals surface area contributed by atoms with Gasteiger partial charge in [-0.1, -0.05) is 139 Å². The molecule has 6 rings (SSSR count). The lowest BCUT2D eigenvalue weighted by molar-refractivity contribution is 0.100. The van der Waals surface area contributed by atoms with Crippen molar-refractivity contribution >= 4 is 36.4 Å². The summed E-state index contributed by atoms with van der Waals surface area (Å²) in [6.07, 6.45) is 0. The molecule has 0 aliphatic carbocycles. The minimum Gasteiger partial charge on any atom is -0.508 e. The van der Waals surface area contributed by atoms with Crippen LogP contribution in [-0.2, 0) is 0 Å². The van der Waals surface area contributed by atoms with E-state index in [1.807, 2.05) is 76.2 Å². The van der Waals surface area contributed by atoms with E-state index in [0.717, 1.165) is 56.4 Å². The molecule has 6 aromatic rings. The van der Waals surface area contributed by atoms with Crippen LogP contribution in [0.2, 0.25) is 5.02 Å². The molecule has 0 unspecified atom stereocenters. The number of methoxy groups -OCH3 is 2. The first-order chi connectivity index (χ1) is 33.0. The predicted molar refractivity (Wildman–Crippen MR) is 305 cm³/mol. The van der Waals surface area contributed by atoms with E-state index in [2.05, 4.69) is 119 Å². The largest absolute Gasteiger partial charge is 0.508 e. The van der Waals surface area contributed by atoms with Crippen LogP contribution < -0.4 is 19.5 Å². The molecule has 71 heavy (non-hydrogen) atoms. The van der Waals surface area contributed by atoms with E-state index in [0.29, 0.717) is 22.8 Å². The molecule has 382 valence electrons. The maximum atomic E-state index is 11.6. The maximum absolute atomic E-state index is 11.6. The number of phenols is 1. The van der Waals surface area contributed by atoms with Gasteiger partial charge in [0.15, 0.2) is 11.6 Å². The van der Waals surface area contributed by atoms with Gasteiger partial charge >= 0.3 is 0 Å². The first-order valence-corrected chi connectivity index (χ1v) is 26.4. The van der Waals surface area contributed by atoms with Gasteiger partial charge < -0.3 is 19.3 Å². The lowest BCUT2D eigenvalue weighted by Crippen LogP contribution is -2.32. The molecule has 0 fully saturated rings. The van der Waals surface area contributed by atoms with Crippen molar-refractivity contribution in [1.82, 2.24) is 0 Å². The Kier molecular flexibility index (Phi) is 22.2. The molecule has 6 aromatic carbocycles. The van der Waals surface area contributed by atoms with Crippen LogP contribution in [0.4, 0.5) is 0 Å². The second-order valence-electron chi connectivity index (χ2n) is 21.2. The average molecular weight is 1000 g/mol. The van der Waals surface area contributed by atoms with Crippen molar-refractivity contribution in [3.05, 3.63) is 164 Å². The Morgan fingerprint density at radius 3 is 1.28 bits per heavy atom. The highest BCUT2D eigenvalue weighted by Crippen LogP contribution is 2.60. The van der Waals surface area contributed by atoms with Crippen molar-refractivity contribution in [2.45, 2.75) is 153 Å². The van der Waals surface area contributed by atoms with Crippen molar-refractivity contribution in [2.75, 3.05) is 14.2 Å². The van der Waals surface area contributed by atoms with Crippen molar-refractivity contribution < 1.29 is 28.9 Å². The van der Waals surface area contributed by atoms with Crippen LogP contribution in [0.25, 0.3) is 11.1 Å². The molecular formula is C63H82ClO6P. The van der Waals surface area contributed by atoms with Crippen LogP contribution in [0.1, 0.15) is 174 Å². The number of ether oxygens (including phenoxy) is 3. The molecule has 0 heterocycles. The van der Waals surface area contributed by atoms with Gasteiger partial charge in [0, 0.05) is 16.1 Å². The van der Waals surface area contributed by atoms with E-state index in [4.69, 9.17) is 30.9 Å². The molecule has 6 nitrogen and oxygen atoms in total. The SMILES string of the molecule is CC(=O)c1c(C)cc(Cl)cc1C.CC(C)c1cc(C(C)C)c(-c2ccccc2P(C(C)(C)C)C(C)(C)C)c(C(C)C)c1.COc1ccc(O)cc1.COc1ccc(Oc2cc(C)c(C(C)=O)c(C)c2)cc1. The van der Waals surface area contributed by atoms with Crippen LogP contribution in [0.15, 0.2) is 109 Å². The minimum atomic E-state index is -0.366. The molecule has 0 saturated carbocycles. The number of ketones is 2. The molecule has 1 N–H and O–H groups in total. The van der Waals surface area contributed by atoms with E-state index < -0.39 is 0 Å². The Hall–Kier alpha value is -5.42. The number of halogens is 1. The Balaban J connectivity index is 0.000000277. The zero-order valence-electron chi connectivity index (χ0n) is 46.4. The molecule has 0 amide bonds. The second-order valence-corrected chi connectivity index (χ2v) is 25.4. The van der Waals surface area contributed by atoms with Gasteiger partial charge in [-0.25, -0.2) is 0 Å². The summed E-state index contributed by atoms with van der Waals surface area (Å²) >= 11 is 5.82. The zero-order chi connectivity index (χ0) is 53.7. The fraction of sp³-hybridized carbons (Fsp3) is 0.397. The lowest BCUT2D eigenvalue weighted by atomic mass is 9.82. The number of hydrogen-bond donors (Lipinski definition) is 1. The van der Waals surface area contributed by atoms with Crippen LogP contribution in [0.5, 0.6) is 28.7 Å². The fourth-order valence-electron chi connectivity index (χ4n) is 9.24. The molecule has 8 heteroatoms.